The van der Waals surface area contributed by atoms with Gasteiger partial charge in [-0.3, -0.25) is 9.36 Å². The zero-order chi connectivity index (χ0) is 19.7. The molecule has 146 valence electrons. The minimum absolute atomic E-state index is 0.0630. The molecule has 1 fully saturated rings. The van der Waals surface area contributed by atoms with Crippen LogP contribution in [0.1, 0.15) is 24.6 Å². The highest BCUT2D eigenvalue weighted by atomic mass is 32.1. The van der Waals surface area contributed by atoms with Crippen LogP contribution in [0.25, 0.3) is 12.2 Å². The van der Waals surface area contributed by atoms with E-state index in [1.807, 2.05) is 13.0 Å². The summed E-state index contributed by atoms with van der Waals surface area (Å²) in [5.74, 6) is 0.441. The van der Waals surface area contributed by atoms with Crippen LogP contribution in [-0.2, 0) is 16.1 Å². The maximum Gasteiger partial charge on any atom is 0.277 e. The second-order valence-corrected chi connectivity index (χ2v) is 8.29. The fourth-order valence-electron chi connectivity index (χ4n) is 3.32. The first-order chi connectivity index (χ1) is 13.5. The summed E-state index contributed by atoms with van der Waals surface area (Å²) in [4.78, 5) is 17.1. The van der Waals surface area contributed by atoms with Crippen LogP contribution in [0.5, 0.6) is 11.6 Å². The molecule has 3 heterocycles. The van der Waals surface area contributed by atoms with Crippen molar-refractivity contribution in [3.63, 3.8) is 0 Å². The highest BCUT2D eigenvalue weighted by Crippen LogP contribution is 2.30. The molecule has 6 nitrogen and oxygen atoms in total. The van der Waals surface area contributed by atoms with E-state index in [0.29, 0.717) is 32.9 Å². The van der Waals surface area contributed by atoms with Gasteiger partial charge in [0.2, 0.25) is 5.88 Å². The number of fused-ring (bicyclic) bond motifs is 1. The number of benzene rings is 1. The first kappa shape index (κ1) is 19.0. The Morgan fingerprint density at radius 2 is 2.36 bits per heavy atom. The number of ether oxygens (including phenoxy) is 2. The maximum absolute atomic E-state index is 12.4. The van der Waals surface area contributed by atoms with Crippen LogP contribution >= 0.6 is 23.6 Å². The van der Waals surface area contributed by atoms with Crippen molar-refractivity contribution < 1.29 is 19.4 Å². The fraction of sp³-hybridized carbons (Fsp3) is 0.350. The molecule has 8 heteroatoms. The van der Waals surface area contributed by atoms with Crippen molar-refractivity contribution in [3.05, 3.63) is 43.2 Å². The first-order valence-corrected chi connectivity index (χ1v) is 10.4. The molecule has 0 aliphatic carbocycles. The molecule has 4 rings (SSSR count). The summed E-state index contributed by atoms with van der Waals surface area (Å²) in [5, 5.41) is 12.0. The topological polar surface area (TPSA) is 73.1 Å². The third-order valence-corrected chi connectivity index (χ3v) is 6.07. The Hall–Kier alpha value is -2.29. The molecule has 2 aromatic rings. The van der Waals surface area contributed by atoms with Gasteiger partial charge in [-0.15, -0.1) is 11.3 Å². The van der Waals surface area contributed by atoms with Crippen molar-refractivity contribution in [3.8, 4) is 11.6 Å². The molecule has 0 spiro atoms. The van der Waals surface area contributed by atoms with Crippen molar-refractivity contribution >= 4 is 41.6 Å². The number of rotatable bonds is 5. The van der Waals surface area contributed by atoms with Gasteiger partial charge in [-0.05, 0) is 62.3 Å². The number of nitrogens with zero attached hydrogens (tertiary/aromatic N) is 2. The van der Waals surface area contributed by atoms with Crippen LogP contribution in [0.2, 0.25) is 0 Å². The summed E-state index contributed by atoms with van der Waals surface area (Å²) in [6.07, 6.45) is 5.45. The number of hydrogen-bond donors (Lipinski definition) is 1. The molecule has 1 N–H and O–H groups in total. The summed E-state index contributed by atoms with van der Waals surface area (Å²) in [6, 6.07) is 5.42. The van der Waals surface area contributed by atoms with Crippen molar-refractivity contribution in [2.24, 2.45) is 4.99 Å². The third-order valence-electron chi connectivity index (χ3n) is 4.68. The Balaban J connectivity index is 1.70. The van der Waals surface area contributed by atoms with E-state index in [1.165, 1.54) is 11.3 Å². The van der Waals surface area contributed by atoms with Gasteiger partial charge in [-0.25, -0.2) is 4.99 Å². The van der Waals surface area contributed by atoms with Gasteiger partial charge < -0.3 is 14.6 Å². The predicted octanol–water partition coefficient (Wildman–Crippen LogP) is 2.59. The monoisotopic (exact) mass is 416 g/mol. The van der Waals surface area contributed by atoms with Crippen molar-refractivity contribution in [1.82, 2.24) is 4.57 Å². The Kier molecular flexibility index (Phi) is 5.43. The van der Waals surface area contributed by atoms with Crippen LogP contribution in [0, 0.1) is 3.95 Å². The average molecular weight is 417 g/mol. The molecule has 0 radical (unpaired) electrons. The maximum atomic E-state index is 12.4. The molecule has 2 aliphatic rings. The zero-order valence-electron chi connectivity index (χ0n) is 15.4. The molecule has 0 saturated carbocycles. The van der Waals surface area contributed by atoms with Crippen LogP contribution in [0.3, 0.4) is 0 Å². The van der Waals surface area contributed by atoms with Crippen LogP contribution in [-0.4, -0.2) is 34.9 Å². The van der Waals surface area contributed by atoms with E-state index >= 15 is 0 Å². The van der Waals surface area contributed by atoms with E-state index in [1.54, 1.807) is 28.9 Å². The number of carbonyl (C=O) groups excluding carboxylic acids is 1. The fourth-order valence-corrected chi connectivity index (χ4v) is 4.59. The summed E-state index contributed by atoms with van der Waals surface area (Å²) < 4.78 is 13.4. The molecular weight excluding hydrogens is 396 g/mol. The minimum Gasteiger partial charge on any atom is -0.494 e. The molecule has 1 aromatic carbocycles. The van der Waals surface area contributed by atoms with E-state index in [0.717, 1.165) is 30.4 Å². The SMILES string of the molecule is CCOc1ccc2c(c1)=C/C(=C\c1sc(=S)n(C[C@H]3CCCO3)c1O)C(=O)N=2. The Labute approximate surface area is 171 Å². The number of hydrogen-bond acceptors (Lipinski definition) is 6. The average Bonchev–Trinajstić information content (AvgIpc) is 3.27. The van der Waals surface area contributed by atoms with Gasteiger partial charge in [-0.1, -0.05) is 0 Å². The highest BCUT2D eigenvalue weighted by Gasteiger charge is 2.20. The van der Waals surface area contributed by atoms with Crippen molar-refractivity contribution in [2.75, 3.05) is 13.2 Å². The highest BCUT2D eigenvalue weighted by molar-refractivity contribution is 7.73. The van der Waals surface area contributed by atoms with Crippen molar-refractivity contribution in [2.45, 2.75) is 32.4 Å². The molecule has 1 atom stereocenters. The predicted molar refractivity (Wildman–Crippen MR) is 110 cm³/mol. The van der Waals surface area contributed by atoms with E-state index in [9.17, 15) is 9.90 Å². The third kappa shape index (κ3) is 3.80. The van der Waals surface area contributed by atoms with Gasteiger partial charge in [0.15, 0.2) is 3.95 Å². The van der Waals surface area contributed by atoms with Gasteiger partial charge in [-0.2, -0.15) is 0 Å². The Bertz CT molecular complexity index is 1120. The molecule has 1 aromatic heterocycles. The molecular formula is C20H20N2O4S2. The molecule has 1 amide bonds. The smallest absolute Gasteiger partial charge is 0.277 e. The lowest BCUT2D eigenvalue weighted by Gasteiger charge is -2.11. The first-order valence-electron chi connectivity index (χ1n) is 9.18. The normalized spacial score (nSPS) is 20.0. The lowest BCUT2D eigenvalue weighted by atomic mass is 10.1. The standard InChI is InChI=1S/C20H20N2O4S2/c1-2-25-14-5-6-16-12(9-14)8-13(18(23)21-16)10-17-19(24)22(20(27)28-17)11-15-4-3-7-26-15/h5-6,8-10,15,24H,2-4,7,11H2,1H3/b13-10+/t15-/m1/s1. The molecule has 0 unspecified atom stereocenters. The number of carbonyl (C=O) groups is 1. The zero-order valence-corrected chi connectivity index (χ0v) is 17.0. The number of aromatic hydroxyl groups is 1. The summed E-state index contributed by atoms with van der Waals surface area (Å²) in [7, 11) is 0. The van der Waals surface area contributed by atoms with E-state index in [2.05, 4.69) is 4.99 Å². The number of thiazole rings is 1. The summed E-state index contributed by atoms with van der Waals surface area (Å²) in [5.41, 5.74) is 0.400. The molecule has 2 aliphatic heterocycles. The minimum atomic E-state index is -0.346. The second-order valence-electron chi connectivity index (χ2n) is 6.62. The molecule has 0 bridgehead atoms. The second kappa shape index (κ2) is 7.98. The van der Waals surface area contributed by atoms with E-state index in [4.69, 9.17) is 21.7 Å². The van der Waals surface area contributed by atoms with Crippen LogP contribution < -0.4 is 15.3 Å². The van der Waals surface area contributed by atoms with Crippen molar-refractivity contribution in [1.29, 1.82) is 0 Å². The largest absolute Gasteiger partial charge is 0.494 e. The molecule has 1 saturated heterocycles. The number of aromatic nitrogens is 1. The lowest BCUT2D eigenvalue weighted by Crippen LogP contribution is -2.30. The van der Waals surface area contributed by atoms with Gasteiger partial charge in [0.05, 0.1) is 29.5 Å². The van der Waals surface area contributed by atoms with Crippen LogP contribution in [0.4, 0.5) is 0 Å². The van der Waals surface area contributed by atoms with Gasteiger partial charge in [0.1, 0.15) is 5.75 Å². The van der Waals surface area contributed by atoms with E-state index in [-0.39, 0.29) is 17.9 Å². The van der Waals surface area contributed by atoms with Gasteiger partial charge in [0, 0.05) is 17.4 Å². The Morgan fingerprint density at radius 1 is 1.50 bits per heavy atom. The number of amides is 1. The Morgan fingerprint density at radius 3 is 3.11 bits per heavy atom. The van der Waals surface area contributed by atoms with Gasteiger partial charge in [0.25, 0.3) is 5.91 Å². The van der Waals surface area contributed by atoms with Gasteiger partial charge >= 0.3 is 0 Å². The quantitative estimate of drug-likeness (QED) is 0.599. The van der Waals surface area contributed by atoms with E-state index < -0.39 is 0 Å². The summed E-state index contributed by atoms with van der Waals surface area (Å²) >= 11 is 6.67. The van der Waals surface area contributed by atoms with Crippen LogP contribution in [0.15, 0.2) is 28.8 Å². The molecule has 28 heavy (non-hydrogen) atoms. The lowest BCUT2D eigenvalue weighted by molar-refractivity contribution is -0.114. The summed E-state index contributed by atoms with van der Waals surface area (Å²) in [6.45, 7) is 3.74.